The second kappa shape index (κ2) is 5.51. The minimum Gasteiger partial charge on any atom is -0.336 e. The lowest BCUT2D eigenvalue weighted by Gasteiger charge is -2.27. The van der Waals surface area contributed by atoms with Gasteiger partial charge in [-0.3, -0.25) is 4.79 Å². The van der Waals surface area contributed by atoms with E-state index in [1.54, 1.807) is 12.1 Å². The molecular formula is C15H20FNO. The van der Waals surface area contributed by atoms with Gasteiger partial charge in [0.25, 0.3) is 5.91 Å². The van der Waals surface area contributed by atoms with Crippen LogP contribution in [0, 0.1) is 12.7 Å². The Balaban J connectivity index is 2.26. The molecule has 0 spiro atoms. The number of hydrogen-bond acceptors (Lipinski definition) is 1. The Bertz CT molecular complexity index is 444. The van der Waals surface area contributed by atoms with Crippen molar-refractivity contribution in [2.75, 3.05) is 6.54 Å². The summed E-state index contributed by atoms with van der Waals surface area (Å²) in [5.74, 6) is -0.576. The van der Waals surface area contributed by atoms with E-state index >= 15 is 0 Å². The lowest BCUT2D eigenvalue weighted by molar-refractivity contribution is 0.0693. The normalized spacial score (nSPS) is 20.6. The van der Waals surface area contributed by atoms with Crippen LogP contribution in [0.5, 0.6) is 0 Å². The summed E-state index contributed by atoms with van der Waals surface area (Å²) in [6.45, 7) is 4.67. The zero-order valence-electron chi connectivity index (χ0n) is 11.1. The minimum absolute atomic E-state index is 0.161. The van der Waals surface area contributed by atoms with E-state index in [9.17, 15) is 9.18 Å². The van der Waals surface area contributed by atoms with E-state index < -0.39 is 5.82 Å². The smallest absolute Gasteiger partial charge is 0.257 e. The number of rotatable bonds is 1. The molecule has 3 heteroatoms. The molecule has 2 rings (SSSR count). The summed E-state index contributed by atoms with van der Waals surface area (Å²) >= 11 is 0. The molecule has 1 unspecified atom stereocenters. The highest BCUT2D eigenvalue weighted by atomic mass is 19.1. The average Bonchev–Trinajstić information content (AvgIpc) is 2.56. The Hall–Kier alpha value is -1.38. The fourth-order valence-electron chi connectivity index (χ4n) is 2.53. The number of carbonyl (C=O) groups is 1. The van der Waals surface area contributed by atoms with Gasteiger partial charge in [0, 0.05) is 12.6 Å². The van der Waals surface area contributed by atoms with Crippen LogP contribution in [0.25, 0.3) is 0 Å². The molecule has 1 atom stereocenters. The van der Waals surface area contributed by atoms with Crippen molar-refractivity contribution in [3.63, 3.8) is 0 Å². The molecular weight excluding hydrogens is 229 g/mol. The number of likely N-dealkylation sites (tertiary alicyclic amines) is 1. The van der Waals surface area contributed by atoms with Crippen molar-refractivity contribution in [1.29, 1.82) is 0 Å². The highest BCUT2D eigenvalue weighted by Crippen LogP contribution is 2.20. The monoisotopic (exact) mass is 249 g/mol. The summed E-state index contributed by atoms with van der Waals surface area (Å²) < 4.78 is 13.8. The molecule has 0 aromatic heterocycles. The van der Waals surface area contributed by atoms with E-state index in [2.05, 4.69) is 6.92 Å². The molecule has 1 aliphatic heterocycles. The van der Waals surface area contributed by atoms with Gasteiger partial charge in [-0.05, 0) is 38.8 Å². The molecule has 0 saturated carbocycles. The number of halogens is 1. The van der Waals surface area contributed by atoms with Crippen LogP contribution in [0.2, 0.25) is 0 Å². The predicted octanol–water partition coefficient (Wildman–Crippen LogP) is 3.54. The van der Waals surface area contributed by atoms with Gasteiger partial charge in [-0.25, -0.2) is 4.39 Å². The first-order valence-corrected chi connectivity index (χ1v) is 6.66. The summed E-state index contributed by atoms with van der Waals surface area (Å²) in [7, 11) is 0. The highest BCUT2D eigenvalue weighted by Gasteiger charge is 2.24. The molecule has 1 aromatic carbocycles. The third kappa shape index (κ3) is 2.71. The molecule has 1 aromatic rings. The van der Waals surface area contributed by atoms with Gasteiger partial charge in [-0.1, -0.05) is 24.5 Å². The third-order valence-electron chi connectivity index (χ3n) is 3.67. The molecule has 1 saturated heterocycles. The molecule has 0 radical (unpaired) electrons. The van der Waals surface area contributed by atoms with Gasteiger partial charge in [0.15, 0.2) is 0 Å². The molecule has 0 N–H and O–H groups in total. The van der Waals surface area contributed by atoms with Crippen LogP contribution in [0.4, 0.5) is 4.39 Å². The van der Waals surface area contributed by atoms with E-state index in [1.165, 1.54) is 6.07 Å². The quantitative estimate of drug-likeness (QED) is 0.745. The first-order chi connectivity index (χ1) is 8.59. The van der Waals surface area contributed by atoms with Crippen LogP contribution >= 0.6 is 0 Å². The van der Waals surface area contributed by atoms with E-state index in [4.69, 9.17) is 0 Å². The topological polar surface area (TPSA) is 20.3 Å². The van der Waals surface area contributed by atoms with Gasteiger partial charge in [0.05, 0.1) is 5.56 Å². The zero-order valence-corrected chi connectivity index (χ0v) is 11.1. The van der Waals surface area contributed by atoms with E-state index in [0.717, 1.165) is 37.8 Å². The predicted molar refractivity (Wildman–Crippen MR) is 70.1 cm³/mol. The maximum Gasteiger partial charge on any atom is 0.257 e. The molecule has 1 amide bonds. The highest BCUT2D eigenvalue weighted by molar-refractivity contribution is 5.94. The number of nitrogens with zero attached hydrogens (tertiary/aromatic N) is 1. The summed E-state index contributed by atoms with van der Waals surface area (Å²) in [5.41, 5.74) is 1.13. The molecule has 0 aliphatic carbocycles. The molecule has 18 heavy (non-hydrogen) atoms. The van der Waals surface area contributed by atoms with Gasteiger partial charge in [0.2, 0.25) is 0 Å². The SMILES string of the molecule is Cc1ccc(F)c(C(=O)N2CCCCCC2C)c1. The second-order valence-corrected chi connectivity index (χ2v) is 5.18. The largest absolute Gasteiger partial charge is 0.336 e. The van der Waals surface area contributed by atoms with Crippen molar-refractivity contribution in [2.24, 2.45) is 0 Å². The Labute approximate surface area is 108 Å². The van der Waals surface area contributed by atoms with Gasteiger partial charge in [-0.2, -0.15) is 0 Å². The molecule has 1 fully saturated rings. The van der Waals surface area contributed by atoms with Crippen LogP contribution in [0.15, 0.2) is 18.2 Å². The van der Waals surface area contributed by atoms with Gasteiger partial charge >= 0.3 is 0 Å². The van der Waals surface area contributed by atoms with Crippen LogP contribution < -0.4 is 0 Å². The maximum atomic E-state index is 13.8. The van der Waals surface area contributed by atoms with E-state index in [0.29, 0.717) is 0 Å². The van der Waals surface area contributed by atoms with E-state index in [1.807, 2.05) is 11.8 Å². The average molecular weight is 249 g/mol. The summed E-state index contributed by atoms with van der Waals surface area (Å²) in [5, 5.41) is 0. The van der Waals surface area contributed by atoms with Gasteiger partial charge < -0.3 is 4.90 Å². The number of hydrogen-bond donors (Lipinski definition) is 0. The van der Waals surface area contributed by atoms with Gasteiger partial charge in [0.1, 0.15) is 5.82 Å². The lowest BCUT2D eigenvalue weighted by Crippen LogP contribution is -2.38. The van der Waals surface area contributed by atoms with Crippen molar-refractivity contribution in [3.05, 3.63) is 35.1 Å². The molecule has 1 heterocycles. The zero-order chi connectivity index (χ0) is 13.1. The minimum atomic E-state index is -0.415. The standard InChI is InChI=1S/C15H20FNO/c1-11-7-8-14(16)13(10-11)15(18)17-9-5-3-4-6-12(17)2/h7-8,10,12H,3-6,9H2,1-2H3. The van der Waals surface area contributed by atoms with E-state index in [-0.39, 0.29) is 17.5 Å². The van der Waals surface area contributed by atoms with Crippen molar-refractivity contribution in [1.82, 2.24) is 4.90 Å². The Morgan fingerprint density at radius 2 is 2.11 bits per heavy atom. The summed E-state index contributed by atoms with van der Waals surface area (Å²) in [4.78, 5) is 14.2. The molecule has 0 bridgehead atoms. The third-order valence-corrected chi connectivity index (χ3v) is 3.67. The van der Waals surface area contributed by atoms with Crippen LogP contribution in [-0.4, -0.2) is 23.4 Å². The van der Waals surface area contributed by atoms with Crippen LogP contribution in [-0.2, 0) is 0 Å². The number of amides is 1. The summed E-state index contributed by atoms with van der Waals surface area (Å²) in [6.07, 6.45) is 4.34. The van der Waals surface area contributed by atoms with Crippen LogP contribution in [0.3, 0.4) is 0 Å². The van der Waals surface area contributed by atoms with Crippen molar-refractivity contribution in [2.45, 2.75) is 45.6 Å². The number of aryl methyl sites for hydroxylation is 1. The number of benzene rings is 1. The van der Waals surface area contributed by atoms with Crippen LogP contribution in [0.1, 0.15) is 48.5 Å². The maximum absolute atomic E-state index is 13.8. The van der Waals surface area contributed by atoms with Crippen molar-refractivity contribution >= 4 is 5.91 Å². The molecule has 1 aliphatic rings. The Kier molecular flexibility index (Phi) is 4.00. The molecule has 2 nitrogen and oxygen atoms in total. The first kappa shape index (κ1) is 13.1. The van der Waals surface area contributed by atoms with Crippen molar-refractivity contribution in [3.8, 4) is 0 Å². The fraction of sp³-hybridized carbons (Fsp3) is 0.533. The second-order valence-electron chi connectivity index (χ2n) is 5.18. The Morgan fingerprint density at radius 1 is 1.33 bits per heavy atom. The fourth-order valence-corrected chi connectivity index (χ4v) is 2.53. The Morgan fingerprint density at radius 3 is 2.89 bits per heavy atom. The first-order valence-electron chi connectivity index (χ1n) is 6.66. The molecule has 98 valence electrons. The van der Waals surface area contributed by atoms with Crippen molar-refractivity contribution < 1.29 is 9.18 Å². The number of carbonyl (C=O) groups excluding carboxylic acids is 1. The summed E-state index contributed by atoms with van der Waals surface area (Å²) in [6, 6.07) is 4.93. The lowest BCUT2D eigenvalue weighted by atomic mass is 10.1. The van der Waals surface area contributed by atoms with Gasteiger partial charge in [-0.15, -0.1) is 0 Å².